The van der Waals surface area contributed by atoms with Crippen LogP contribution in [0.25, 0.3) is 21.0 Å². The summed E-state index contributed by atoms with van der Waals surface area (Å²) in [5, 5.41) is 0.563. The molecule has 0 aliphatic rings. The van der Waals surface area contributed by atoms with E-state index >= 15 is 0 Å². The molecule has 0 atom stereocenters. The number of rotatable bonds is 3. The van der Waals surface area contributed by atoms with E-state index in [0.717, 1.165) is 22.2 Å². The van der Waals surface area contributed by atoms with Gasteiger partial charge in [-0.3, -0.25) is 0 Å². The molecule has 0 saturated carbocycles. The van der Waals surface area contributed by atoms with Crippen molar-refractivity contribution in [2.75, 3.05) is 0 Å². The van der Waals surface area contributed by atoms with Gasteiger partial charge in [0.2, 0.25) is 0 Å². The van der Waals surface area contributed by atoms with E-state index in [9.17, 15) is 8.78 Å². The summed E-state index contributed by atoms with van der Waals surface area (Å²) in [5.74, 6) is -1.23. The van der Waals surface area contributed by atoms with Gasteiger partial charge in [0.05, 0.1) is 10.6 Å². The van der Waals surface area contributed by atoms with Gasteiger partial charge >= 0.3 is 0 Å². The average molecular weight is 302 g/mol. The molecule has 0 fully saturated rings. The zero-order valence-electron chi connectivity index (χ0n) is 11.0. The molecule has 0 spiro atoms. The number of nitrogens with zero attached hydrogens (tertiary/aromatic N) is 1. The molecule has 0 aliphatic heterocycles. The Bertz CT molecular complexity index is 749. The van der Waals surface area contributed by atoms with Gasteiger partial charge in [-0.15, -0.1) is 11.3 Å². The summed E-state index contributed by atoms with van der Waals surface area (Å²) in [5.41, 5.74) is 7.89. The molecule has 1 aromatic heterocycles. The SMILES string of the molecule is NCc1nc(-c2cc(F)cc(F)c2)sc1-c1ccccc1. The second-order valence-electron chi connectivity index (χ2n) is 4.52. The molecule has 1 heterocycles. The van der Waals surface area contributed by atoms with Crippen LogP contribution in [0.4, 0.5) is 8.78 Å². The first-order chi connectivity index (χ1) is 10.2. The molecule has 0 amide bonds. The number of halogens is 2. The Balaban J connectivity index is 2.11. The molecule has 0 bridgehead atoms. The molecule has 21 heavy (non-hydrogen) atoms. The summed E-state index contributed by atoms with van der Waals surface area (Å²) in [4.78, 5) is 5.35. The molecule has 0 saturated heterocycles. The number of hydrogen-bond acceptors (Lipinski definition) is 3. The quantitative estimate of drug-likeness (QED) is 0.787. The minimum absolute atomic E-state index is 0.276. The molecule has 3 rings (SSSR count). The van der Waals surface area contributed by atoms with E-state index in [4.69, 9.17) is 5.73 Å². The van der Waals surface area contributed by atoms with Crippen molar-refractivity contribution in [2.45, 2.75) is 6.54 Å². The summed E-state index contributed by atoms with van der Waals surface area (Å²) >= 11 is 1.38. The van der Waals surface area contributed by atoms with Gasteiger partial charge in [0.25, 0.3) is 0 Å². The van der Waals surface area contributed by atoms with Crippen molar-refractivity contribution in [2.24, 2.45) is 5.73 Å². The number of thiazole rings is 1. The lowest BCUT2D eigenvalue weighted by molar-refractivity contribution is 0.584. The van der Waals surface area contributed by atoms with E-state index < -0.39 is 11.6 Å². The van der Waals surface area contributed by atoms with Crippen LogP contribution in [0.1, 0.15) is 5.69 Å². The molecule has 2 N–H and O–H groups in total. The number of benzene rings is 2. The highest BCUT2D eigenvalue weighted by Gasteiger charge is 2.14. The van der Waals surface area contributed by atoms with Gasteiger partial charge in [-0.05, 0) is 17.7 Å². The Morgan fingerprint density at radius 2 is 1.62 bits per heavy atom. The Morgan fingerprint density at radius 3 is 2.24 bits per heavy atom. The van der Waals surface area contributed by atoms with Crippen molar-refractivity contribution in [3.05, 3.63) is 65.9 Å². The van der Waals surface area contributed by atoms with Crippen molar-refractivity contribution >= 4 is 11.3 Å². The second kappa shape index (κ2) is 5.71. The van der Waals surface area contributed by atoms with Crippen LogP contribution < -0.4 is 5.73 Å². The van der Waals surface area contributed by atoms with Gasteiger partial charge in [0.15, 0.2) is 0 Å². The van der Waals surface area contributed by atoms with Crippen LogP contribution in [0.2, 0.25) is 0 Å². The molecular formula is C16H12F2N2S. The molecule has 2 nitrogen and oxygen atoms in total. The molecule has 0 aliphatic carbocycles. The summed E-state index contributed by atoms with van der Waals surface area (Å²) in [6.45, 7) is 0.276. The fraction of sp³-hybridized carbons (Fsp3) is 0.0625. The van der Waals surface area contributed by atoms with E-state index in [1.807, 2.05) is 30.3 Å². The summed E-state index contributed by atoms with van der Waals surface area (Å²) in [7, 11) is 0. The fourth-order valence-electron chi connectivity index (χ4n) is 2.11. The largest absolute Gasteiger partial charge is 0.325 e. The van der Waals surface area contributed by atoms with Crippen LogP contribution in [-0.2, 0) is 6.54 Å². The number of nitrogens with two attached hydrogens (primary N) is 1. The van der Waals surface area contributed by atoms with Crippen LogP contribution >= 0.6 is 11.3 Å². The summed E-state index contributed by atoms with van der Waals surface area (Å²) < 4.78 is 26.7. The zero-order valence-corrected chi connectivity index (χ0v) is 11.8. The van der Waals surface area contributed by atoms with Gasteiger partial charge in [0.1, 0.15) is 16.6 Å². The lowest BCUT2D eigenvalue weighted by atomic mass is 10.1. The average Bonchev–Trinajstić information content (AvgIpc) is 2.91. The van der Waals surface area contributed by atoms with Crippen molar-refractivity contribution in [1.82, 2.24) is 4.98 Å². The van der Waals surface area contributed by atoms with Gasteiger partial charge < -0.3 is 5.73 Å². The monoisotopic (exact) mass is 302 g/mol. The Kier molecular flexibility index (Phi) is 3.77. The Morgan fingerprint density at radius 1 is 0.952 bits per heavy atom. The van der Waals surface area contributed by atoms with Crippen molar-refractivity contribution in [1.29, 1.82) is 0 Å². The van der Waals surface area contributed by atoms with Gasteiger partial charge in [-0.25, -0.2) is 13.8 Å². The van der Waals surface area contributed by atoms with E-state index in [1.165, 1.54) is 23.5 Å². The summed E-state index contributed by atoms with van der Waals surface area (Å²) in [6.07, 6.45) is 0. The van der Waals surface area contributed by atoms with E-state index in [1.54, 1.807) is 0 Å². The van der Waals surface area contributed by atoms with Crippen LogP contribution in [-0.4, -0.2) is 4.98 Å². The fourth-order valence-corrected chi connectivity index (χ4v) is 3.19. The maximum absolute atomic E-state index is 13.3. The molecule has 3 aromatic rings. The molecular weight excluding hydrogens is 290 g/mol. The van der Waals surface area contributed by atoms with E-state index in [2.05, 4.69) is 4.98 Å². The predicted octanol–water partition coefficient (Wildman–Crippen LogP) is 4.21. The van der Waals surface area contributed by atoms with Gasteiger partial charge in [-0.2, -0.15) is 0 Å². The van der Waals surface area contributed by atoms with Crippen LogP contribution in [0.3, 0.4) is 0 Å². The maximum atomic E-state index is 13.3. The third-order valence-electron chi connectivity index (χ3n) is 3.04. The lowest BCUT2D eigenvalue weighted by Crippen LogP contribution is -1.98. The van der Waals surface area contributed by atoms with Gasteiger partial charge in [-0.1, -0.05) is 30.3 Å². The third-order valence-corrected chi connectivity index (χ3v) is 4.23. The van der Waals surface area contributed by atoms with Crippen molar-refractivity contribution < 1.29 is 8.78 Å². The van der Waals surface area contributed by atoms with Crippen LogP contribution in [0.15, 0.2) is 48.5 Å². The highest BCUT2D eigenvalue weighted by Crippen LogP contribution is 2.35. The first kappa shape index (κ1) is 13.9. The van der Waals surface area contributed by atoms with E-state index in [0.29, 0.717) is 10.6 Å². The van der Waals surface area contributed by atoms with Crippen LogP contribution in [0, 0.1) is 11.6 Å². The van der Waals surface area contributed by atoms with Crippen LogP contribution in [0.5, 0.6) is 0 Å². The summed E-state index contributed by atoms with van der Waals surface area (Å²) in [6, 6.07) is 13.1. The highest BCUT2D eigenvalue weighted by molar-refractivity contribution is 7.18. The molecule has 0 unspecified atom stereocenters. The van der Waals surface area contributed by atoms with Gasteiger partial charge in [0, 0.05) is 18.2 Å². The minimum atomic E-state index is -0.615. The first-order valence-electron chi connectivity index (χ1n) is 6.39. The van der Waals surface area contributed by atoms with E-state index in [-0.39, 0.29) is 6.54 Å². The van der Waals surface area contributed by atoms with Crippen molar-refractivity contribution in [3.63, 3.8) is 0 Å². The first-order valence-corrected chi connectivity index (χ1v) is 7.20. The smallest absolute Gasteiger partial charge is 0.126 e. The Hall–Kier alpha value is -2.11. The molecule has 0 radical (unpaired) electrons. The topological polar surface area (TPSA) is 38.9 Å². The predicted molar refractivity (Wildman–Crippen MR) is 80.8 cm³/mol. The van der Waals surface area contributed by atoms with Crippen molar-refractivity contribution in [3.8, 4) is 21.0 Å². The molecule has 106 valence electrons. The normalized spacial score (nSPS) is 10.8. The minimum Gasteiger partial charge on any atom is -0.325 e. The zero-order chi connectivity index (χ0) is 14.8. The number of aromatic nitrogens is 1. The highest BCUT2D eigenvalue weighted by atomic mass is 32.1. The maximum Gasteiger partial charge on any atom is 0.126 e. The molecule has 5 heteroatoms. The molecule has 2 aromatic carbocycles. The standard InChI is InChI=1S/C16H12F2N2S/c17-12-6-11(7-13(18)8-12)16-20-14(9-19)15(21-16)10-4-2-1-3-5-10/h1-8H,9,19H2. The second-order valence-corrected chi connectivity index (χ2v) is 5.52. The third kappa shape index (κ3) is 2.84. The lowest BCUT2D eigenvalue weighted by Gasteiger charge is -1.98. The number of hydrogen-bond donors (Lipinski definition) is 1. The Labute approximate surface area is 124 Å².